The summed E-state index contributed by atoms with van der Waals surface area (Å²) in [6, 6.07) is 5.59. The summed E-state index contributed by atoms with van der Waals surface area (Å²) >= 11 is 0. The van der Waals surface area contributed by atoms with Crippen LogP contribution in [0.4, 0.5) is 11.6 Å². The molecule has 3 N–H and O–H groups in total. The number of nitrogens with one attached hydrogen (secondary N) is 1. The molecule has 2 rings (SSSR count). The van der Waals surface area contributed by atoms with Gasteiger partial charge in [0.2, 0.25) is 11.7 Å². The lowest BCUT2D eigenvalue weighted by molar-refractivity contribution is -0.385. The number of hydrogen-bond donors (Lipinski definition) is 2. The van der Waals surface area contributed by atoms with E-state index in [-0.39, 0.29) is 23.0 Å². The van der Waals surface area contributed by atoms with Crippen molar-refractivity contribution < 1.29 is 9.72 Å². The summed E-state index contributed by atoms with van der Waals surface area (Å²) in [7, 11) is 0. The lowest BCUT2D eigenvalue weighted by Crippen LogP contribution is -2.07. The van der Waals surface area contributed by atoms with Crippen molar-refractivity contribution in [1.29, 1.82) is 0 Å². The molecule has 1 aromatic carbocycles. The minimum Gasteiger partial charge on any atom is -0.366 e. The second-order valence-electron chi connectivity index (χ2n) is 3.15. The van der Waals surface area contributed by atoms with E-state index < -0.39 is 10.7 Å². The number of nitrogen functional groups attached to an aromatic ring is 1. The number of rotatable bonds is 3. The van der Waals surface area contributed by atoms with Gasteiger partial charge in [0, 0.05) is 6.07 Å². The van der Waals surface area contributed by atoms with Gasteiger partial charge >= 0.3 is 0 Å². The predicted octanol–water partition coefficient (Wildman–Crippen LogP) is 0.526. The fraction of sp³-hybridized carbons (Fsp3) is 0. The normalized spacial score (nSPS) is 10.1. The van der Waals surface area contributed by atoms with Crippen LogP contribution in [0, 0.1) is 10.1 Å². The van der Waals surface area contributed by atoms with Crippen LogP contribution in [0.1, 0.15) is 16.2 Å². The quantitative estimate of drug-likeness (QED) is 0.452. The van der Waals surface area contributed by atoms with Crippen LogP contribution in [0.25, 0.3) is 0 Å². The number of nitro benzene ring substituents is 1. The van der Waals surface area contributed by atoms with Crippen molar-refractivity contribution in [2.45, 2.75) is 0 Å². The summed E-state index contributed by atoms with van der Waals surface area (Å²) in [6.07, 6.45) is 0. The summed E-state index contributed by atoms with van der Waals surface area (Å²) in [5.74, 6) is -0.842. The lowest BCUT2D eigenvalue weighted by atomic mass is 10.1. The minimum atomic E-state index is -0.632. The molecule has 0 atom stereocenters. The largest absolute Gasteiger partial charge is 0.366 e. The lowest BCUT2D eigenvalue weighted by Gasteiger charge is -1.98. The number of aromatic amines is 1. The third-order valence-corrected chi connectivity index (χ3v) is 2.06. The Kier molecular flexibility index (Phi) is 2.53. The molecule has 1 heterocycles. The topological polar surface area (TPSA) is 128 Å². The molecule has 86 valence electrons. The highest BCUT2D eigenvalue weighted by Gasteiger charge is 2.22. The number of ketones is 1. The number of hydrogen-bond acceptors (Lipinski definition) is 6. The van der Waals surface area contributed by atoms with E-state index in [2.05, 4.69) is 15.2 Å². The van der Waals surface area contributed by atoms with Crippen molar-refractivity contribution in [2.24, 2.45) is 0 Å². The SMILES string of the molecule is Nc1n[nH]c(C(=O)c2ccccc2[N+](=O)[O-])n1. The van der Waals surface area contributed by atoms with Crippen LogP contribution in [-0.2, 0) is 0 Å². The van der Waals surface area contributed by atoms with E-state index >= 15 is 0 Å². The summed E-state index contributed by atoms with van der Waals surface area (Å²) in [6.45, 7) is 0. The number of carbonyl (C=O) groups is 1. The molecule has 0 aliphatic heterocycles. The molecule has 8 nitrogen and oxygen atoms in total. The zero-order chi connectivity index (χ0) is 12.4. The first-order valence-electron chi connectivity index (χ1n) is 4.55. The highest BCUT2D eigenvalue weighted by molar-refractivity contribution is 6.09. The maximum absolute atomic E-state index is 11.9. The number of carbonyl (C=O) groups excluding carboxylic acids is 1. The molecule has 0 unspecified atom stereocenters. The first-order valence-corrected chi connectivity index (χ1v) is 4.55. The van der Waals surface area contributed by atoms with Crippen LogP contribution >= 0.6 is 0 Å². The third kappa shape index (κ3) is 1.95. The molecule has 0 radical (unpaired) electrons. The summed E-state index contributed by atoms with van der Waals surface area (Å²) < 4.78 is 0. The Morgan fingerprint density at radius 1 is 1.41 bits per heavy atom. The van der Waals surface area contributed by atoms with E-state index in [4.69, 9.17) is 5.73 Å². The van der Waals surface area contributed by atoms with Crippen molar-refractivity contribution in [1.82, 2.24) is 15.2 Å². The number of aromatic nitrogens is 3. The van der Waals surface area contributed by atoms with Crippen LogP contribution in [0.3, 0.4) is 0 Å². The van der Waals surface area contributed by atoms with Gasteiger partial charge in [0.1, 0.15) is 5.56 Å². The van der Waals surface area contributed by atoms with E-state index in [0.717, 1.165) is 0 Å². The molecule has 0 aliphatic carbocycles. The highest BCUT2D eigenvalue weighted by Crippen LogP contribution is 2.19. The van der Waals surface area contributed by atoms with Gasteiger partial charge in [0.25, 0.3) is 5.69 Å². The molecule has 0 bridgehead atoms. The van der Waals surface area contributed by atoms with Gasteiger partial charge in [-0.3, -0.25) is 20.0 Å². The van der Waals surface area contributed by atoms with E-state index in [1.54, 1.807) is 0 Å². The van der Waals surface area contributed by atoms with Crippen molar-refractivity contribution in [3.05, 3.63) is 45.8 Å². The maximum Gasteiger partial charge on any atom is 0.280 e. The molecule has 0 saturated heterocycles. The Morgan fingerprint density at radius 3 is 2.71 bits per heavy atom. The average molecular weight is 233 g/mol. The van der Waals surface area contributed by atoms with Crippen LogP contribution in [0.2, 0.25) is 0 Å². The molecular weight excluding hydrogens is 226 g/mol. The Labute approximate surface area is 94.6 Å². The second kappa shape index (κ2) is 4.00. The van der Waals surface area contributed by atoms with E-state index in [1.807, 2.05) is 0 Å². The predicted molar refractivity (Wildman–Crippen MR) is 57.3 cm³/mol. The molecule has 2 aromatic rings. The fourth-order valence-electron chi connectivity index (χ4n) is 1.33. The summed E-state index contributed by atoms with van der Waals surface area (Å²) in [4.78, 5) is 25.6. The molecular formula is C9H7N5O3. The molecule has 0 spiro atoms. The van der Waals surface area contributed by atoms with Gasteiger partial charge in [-0.25, -0.2) is 0 Å². The van der Waals surface area contributed by atoms with E-state index in [1.165, 1.54) is 24.3 Å². The highest BCUT2D eigenvalue weighted by atomic mass is 16.6. The van der Waals surface area contributed by atoms with Gasteiger partial charge < -0.3 is 5.73 Å². The fourth-order valence-corrected chi connectivity index (χ4v) is 1.33. The molecule has 17 heavy (non-hydrogen) atoms. The van der Waals surface area contributed by atoms with E-state index in [9.17, 15) is 14.9 Å². The van der Waals surface area contributed by atoms with Crippen molar-refractivity contribution in [3.63, 3.8) is 0 Å². The Bertz CT molecular complexity index is 592. The van der Waals surface area contributed by atoms with Gasteiger partial charge in [-0.05, 0) is 6.07 Å². The molecule has 1 aromatic heterocycles. The van der Waals surface area contributed by atoms with Gasteiger partial charge in [-0.2, -0.15) is 4.98 Å². The number of nitrogens with zero attached hydrogens (tertiary/aromatic N) is 3. The van der Waals surface area contributed by atoms with Gasteiger partial charge in [-0.15, -0.1) is 5.10 Å². The van der Waals surface area contributed by atoms with Crippen molar-refractivity contribution in [2.75, 3.05) is 5.73 Å². The standard InChI is InChI=1S/C9H7N5O3/c10-9-11-8(12-13-9)7(15)5-3-1-2-4-6(5)14(16)17/h1-4H,(H3,10,11,12,13). The number of benzene rings is 1. The second-order valence-corrected chi connectivity index (χ2v) is 3.15. The van der Waals surface area contributed by atoms with Crippen LogP contribution in [0.15, 0.2) is 24.3 Å². The first-order chi connectivity index (χ1) is 8.09. The van der Waals surface area contributed by atoms with Gasteiger partial charge in [-0.1, -0.05) is 12.1 Å². The molecule has 0 aliphatic rings. The Morgan fingerprint density at radius 2 is 2.12 bits per heavy atom. The first kappa shape index (κ1) is 10.7. The zero-order valence-electron chi connectivity index (χ0n) is 8.45. The minimum absolute atomic E-state index is 0.0614. The Hall–Kier alpha value is -2.77. The van der Waals surface area contributed by atoms with E-state index in [0.29, 0.717) is 0 Å². The molecule has 0 saturated carbocycles. The molecule has 0 amide bonds. The van der Waals surface area contributed by atoms with Gasteiger partial charge in [0.15, 0.2) is 5.82 Å². The number of nitrogens with two attached hydrogens (primary N) is 1. The monoisotopic (exact) mass is 233 g/mol. The smallest absolute Gasteiger partial charge is 0.280 e. The number of nitro groups is 1. The number of H-pyrrole nitrogens is 1. The van der Waals surface area contributed by atoms with Crippen molar-refractivity contribution in [3.8, 4) is 0 Å². The zero-order valence-corrected chi connectivity index (χ0v) is 8.45. The average Bonchev–Trinajstić information content (AvgIpc) is 2.75. The Balaban J connectivity index is 2.47. The van der Waals surface area contributed by atoms with Crippen molar-refractivity contribution >= 4 is 17.4 Å². The van der Waals surface area contributed by atoms with Crippen LogP contribution in [0.5, 0.6) is 0 Å². The van der Waals surface area contributed by atoms with Crippen LogP contribution in [-0.4, -0.2) is 25.9 Å². The molecule has 8 heteroatoms. The molecule has 0 fully saturated rings. The third-order valence-electron chi connectivity index (χ3n) is 2.06. The van der Waals surface area contributed by atoms with Gasteiger partial charge in [0.05, 0.1) is 4.92 Å². The summed E-state index contributed by atoms with van der Waals surface area (Å²) in [5, 5.41) is 16.5. The summed E-state index contributed by atoms with van der Waals surface area (Å²) in [5.41, 5.74) is 4.91. The van der Waals surface area contributed by atoms with Crippen LogP contribution < -0.4 is 5.73 Å². The number of anilines is 1. The number of para-hydroxylation sites is 1. The maximum atomic E-state index is 11.9.